The van der Waals surface area contributed by atoms with Gasteiger partial charge in [-0.3, -0.25) is 0 Å². The Morgan fingerprint density at radius 2 is 2.11 bits per heavy atom. The average molecular weight is 262 g/mol. The van der Waals surface area contributed by atoms with Crippen molar-refractivity contribution in [2.24, 2.45) is 0 Å². The maximum absolute atomic E-state index is 13.6. The third-order valence-corrected chi connectivity index (χ3v) is 3.88. The molecule has 0 atom stereocenters. The molecule has 0 aliphatic carbocycles. The smallest absolute Gasteiger partial charge is 0.142 e. The Morgan fingerprint density at radius 3 is 2.84 bits per heavy atom. The summed E-state index contributed by atoms with van der Waals surface area (Å²) in [6.07, 6.45) is 0.920. The highest BCUT2D eigenvalue weighted by molar-refractivity contribution is 5.91. The summed E-state index contributed by atoms with van der Waals surface area (Å²) in [5.74, 6) is -0.00566. The van der Waals surface area contributed by atoms with E-state index < -0.39 is 0 Å². The monoisotopic (exact) mass is 262 g/mol. The minimum atomic E-state index is -0.370. The quantitative estimate of drug-likeness (QED) is 0.829. The summed E-state index contributed by atoms with van der Waals surface area (Å²) in [5, 5.41) is 14.3. The molecule has 1 aromatic carbocycles. The second-order valence-electron chi connectivity index (χ2n) is 5.49. The molecule has 3 nitrogen and oxygen atoms in total. The predicted octanol–water partition coefficient (Wildman–Crippen LogP) is 2.76. The number of aromatic hydroxyl groups is 1. The van der Waals surface area contributed by atoms with Crippen molar-refractivity contribution < 1.29 is 9.50 Å². The normalized spacial score (nSPS) is 15.8. The van der Waals surface area contributed by atoms with Gasteiger partial charge in [0.25, 0.3) is 0 Å². The van der Waals surface area contributed by atoms with Crippen molar-refractivity contribution in [3.63, 3.8) is 0 Å². The number of halogens is 1. The van der Waals surface area contributed by atoms with Crippen molar-refractivity contribution in [1.82, 2.24) is 9.88 Å². The maximum atomic E-state index is 13.6. The molecule has 19 heavy (non-hydrogen) atoms. The highest BCUT2D eigenvalue weighted by Crippen LogP contribution is 2.37. The number of fused-ring (bicyclic) bond motifs is 3. The van der Waals surface area contributed by atoms with Gasteiger partial charge >= 0.3 is 0 Å². The summed E-state index contributed by atoms with van der Waals surface area (Å²) in [4.78, 5) is 0. The molecule has 2 heterocycles. The fourth-order valence-corrected chi connectivity index (χ4v) is 3.19. The van der Waals surface area contributed by atoms with Gasteiger partial charge in [0.15, 0.2) is 0 Å². The summed E-state index contributed by atoms with van der Waals surface area (Å²) < 4.78 is 15.8. The molecule has 1 aliphatic rings. The summed E-state index contributed by atoms with van der Waals surface area (Å²) in [7, 11) is 0. The Hall–Kier alpha value is -1.55. The Labute approximate surface area is 112 Å². The minimum absolute atomic E-state index is 0.0463. The second-order valence-corrected chi connectivity index (χ2v) is 5.49. The summed E-state index contributed by atoms with van der Waals surface area (Å²) in [5.41, 5.74) is 3.19. The van der Waals surface area contributed by atoms with E-state index in [1.807, 2.05) is 0 Å². The van der Waals surface area contributed by atoms with Crippen LogP contribution in [0.5, 0.6) is 5.75 Å². The zero-order valence-electron chi connectivity index (χ0n) is 11.3. The minimum Gasteiger partial charge on any atom is -0.506 e. The summed E-state index contributed by atoms with van der Waals surface area (Å²) >= 11 is 0. The van der Waals surface area contributed by atoms with Crippen molar-refractivity contribution >= 4 is 10.9 Å². The molecular weight excluding hydrogens is 243 g/mol. The van der Waals surface area contributed by atoms with Gasteiger partial charge < -0.3 is 15.0 Å². The standard InChI is InChI=1S/C15H19FN2O/c1-9(2)14-11-7-10(16)8-13(19)15(11)18-6-5-17-4-3-12(14)18/h7-9,17,19H,3-6H2,1-2H3. The van der Waals surface area contributed by atoms with Crippen LogP contribution in [0.4, 0.5) is 4.39 Å². The number of benzene rings is 1. The molecule has 2 N–H and O–H groups in total. The summed E-state index contributed by atoms with van der Waals surface area (Å²) in [6, 6.07) is 2.76. The summed E-state index contributed by atoms with van der Waals surface area (Å²) in [6.45, 7) is 6.87. The largest absolute Gasteiger partial charge is 0.506 e. The first-order chi connectivity index (χ1) is 9.09. The van der Waals surface area contributed by atoms with Gasteiger partial charge in [0.2, 0.25) is 0 Å². The van der Waals surface area contributed by atoms with Crippen molar-refractivity contribution in [1.29, 1.82) is 0 Å². The van der Waals surface area contributed by atoms with Crippen LogP contribution < -0.4 is 5.32 Å². The molecule has 0 saturated heterocycles. The molecule has 0 amide bonds. The van der Waals surface area contributed by atoms with Crippen LogP contribution in [0.3, 0.4) is 0 Å². The molecule has 0 unspecified atom stereocenters. The van der Waals surface area contributed by atoms with Crippen molar-refractivity contribution in [3.05, 3.63) is 29.2 Å². The first kappa shape index (κ1) is 12.5. The molecule has 0 radical (unpaired) electrons. The molecule has 4 heteroatoms. The molecule has 102 valence electrons. The Balaban J connectivity index is 2.40. The second kappa shape index (κ2) is 4.53. The highest BCUT2D eigenvalue weighted by atomic mass is 19.1. The van der Waals surface area contributed by atoms with Crippen LogP contribution in [0.1, 0.15) is 31.0 Å². The van der Waals surface area contributed by atoms with E-state index >= 15 is 0 Å². The first-order valence-electron chi connectivity index (χ1n) is 6.83. The Bertz CT molecular complexity index is 631. The van der Waals surface area contributed by atoms with Crippen molar-refractivity contribution in [2.45, 2.75) is 32.7 Å². The van der Waals surface area contributed by atoms with E-state index in [2.05, 4.69) is 23.7 Å². The lowest BCUT2D eigenvalue weighted by Crippen LogP contribution is -2.17. The van der Waals surface area contributed by atoms with Gasteiger partial charge in [0.05, 0.1) is 5.52 Å². The van der Waals surface area contributed by atoms with Crippen LogP contribution in [0.15, 0.2) is 12.1 Å². The number of rotatable bonds is 1. The predicted molar refractivity (Wildman–Crippen MR) is 74.2 cm³/mol. The van der Waals surface area contributed by atoms with E-state index in [1.165, 1.54) is 17.3 Å². The molecule has 2 aromatic rings. The number of nitrogens with one attached hydrogen (secondary N) is 1. The van der Waals surface area contributed by atoms with Crippen LogP contribution >= 0.6 is 0 Å². The van der Waals surface area contributed by atoms with E-state index in [-0.39, 0.29) is 11.6 Å². The van der Waals surface area contributed by atoms with Crippen LogP contribution in [0.25, 0.3) is 10.9 Å². The third kappa shape index (κ3) is 1.91. The van der Waals surface area contributed by atoms with Gasteiger partial charge in [-0.2, -0.15) is 0 Å². The molecule has 3 rings (SSSR count). The van der Waals surface area contributed by atoms with Crippen molar-refractivity contribution in [2.75, 3.05) is 13.1 Å². The molecule has 0 fully saturated rings. The topological polar surface area (TPSA) is 37.2 Å². The lowest BCUT2D eigenvalue weighted by Gasteiger charge is -2.09. The number of aromatic nitrogens is 1. The Morgan fingerprint density at radius 1 is 1.32 bits per heavy atom. The maximum Gasteiger partial charge on any atom is 0.142 e. The van der Waals surface area contributed by atoms with E-state index in [1.54, 1.807) is 6.07 Å². The SMILES string of the molecule is CC(C)c1c2n(c3c(O)cc(F)cc13)CCNCC2. The van der Waals surface area contributed by atoms with Crippen LogP contribution in [0.2, 0.25) is 0 Å². The first-order valence-corrected chi connectivity index (χ1v) is 6.83. The van der Waals surface area contributed by atoms with Crippen molar-refractivity contribution in [3.8, 4) is 5.75 Å². The van der Waals surface area contributed by atoms with Gasteiger partial charge in [-0.05, 0) is 17.5 Å². The van der Waals surface area contributed by atoms with Gasteiger partial charge in [-0.1, -0.05) is 13.8 Å². The molecular formula is C15H19FN2O. The van der Waals surface area contributed by atoms with Gasteiger partial charge in [-0.25, -0.2) is 4.39 Å². The van der Waals surface area contributed by atoms with E-state index in [4.69, 9.17) is 0 Å². The van der Waals surface area contributed by atoms with Crippen LogP contribution in [0, 0.1) is 5.82 Å². The van der Waals surface area contributed by atoms with E-state index in [9.17, 15) is 9.50 Å². The fourth-order valence-electron chi connectivity index (χ4n) is 3.19. The van der Waals surface area contributed by atoms with Gasteiger partial charge in [-0.15, -0.1) is 0 Å². The molecule has 1 aromatic heterocycles. The third-order valence-electron chi connectivity index (χ3n) is 3.88. The highest BCUT2D eigenvalue weighted by Gasteiger charge is 2.23. The zero-order valence-corrected chi connectivity index (χ0v) is 11.3. The van der Waals surface area contributed by atoms with Gasteiger partial charge in [0, 0.05) is 43.2 Å². The molecule has 0 bridgehead atoms. The van der Waals surface area contributed by atoms with E-state index in [0.717, 1.165) is 37.0 Å². The number of phenols is 1. The number of hydrogen-bond acceptors (Lipinski definition) is 2. The number of hydrogen-bond donors (Lipinski definition) is 2. The van der Waals surface area contributed by atoms with E-state index in [0.29, 0.717) is 5.92 Å². The molecule has 1 aliphatic heterocycles. The molecule has 0 spiro atoms. The van der Waals surface area contributed by atoms with Crippen LogP contribution in [-0.2, 0) is 13.0 Å². The lowest BCUT2D eigenvalue weighted by atomic mass is 9.98. The molecule has 0 saturated carbocycles. The van der Waals surface area contributed by atoms with Crippen LogP contribution in [-0.4, -0.2) is 22.8 Å². The van der Waals surface area contributed by atoms with Gasteiger partial charge in [0.1, 0.15) is 11.6 Å². The number of phenolic OH excluding ortho intramolecular Hbond substituents is 1. The number of nitrogens with zero attached hydrogens (tertiary/aromatic N) is 1. The fraction of sp³-hybridized carbons (Fsp3) is 0.467. The lowest BCUT2D eigenvalue weighted by molar-refractivity contribution is 0.471. The zero-order chi connectivity index (χ0) is 13.6. The Kier molecular flexibility index (Phi) is 2.97. The average Bonchev–Trinajstić information content (AvgIpc) is 2.48.